The van der Waals surface area contributed by atoms with E-state index in [1.807, 2.05) is 0 Å². The minimum atomic E-state index is -0.565. The molecule has 0 unspecified atom stereocenters. The monoisotopic (exact) mass is 861 g/mol. The second-order valence-corrected chi connectivity index (χ2v) is 14.0. The van der Waals surface area contributed by atoms with Crippen molar-refractivity contribution in [2.75, 3.05) is 79.2 Å². The maximum atomic E-state index is 13.1. The van der Waals surface area contributed by atoms with Crippen LogP contribution in [0.4, 0.5) is 11.4 Å². The van der Waals surface area contributed by atoms with Gasteiger partial charge in [-0.2, -0.15) is 0 Å². The third-order valence-corrected chi connectivity index (χ3v) is 8.91. The molecule has 0 fully saturated rings. The molecule has 0 aliphatic rings. The summed E-state index contributed by atoms with van der Waals surface area (Å²) in [5.41, 5.74) is 17.4. The molecule has 0 saturated heterocycles. The van der Waals surface area contributed by atoms with E-state index in [9.17, 15) is 24.0 Å². The number of methoxy groups -OCH3 is 4. The van der Waals surface area contributed by atoms with Crippen LogP contribution in [-0.4, -0.2) is 122 Å². The molecular formula is C46H51N7O10. The number of esters is 5. The van der Waals surface area contributed by atoms with Crippen molar-refractivity contribution in [3.05, 3.63) is 118 Å². The largest absolute Gasteiger partial charge is 0.468 e. The number of nitrogen functional groups attached to an aromatic ring is 2. The highest BCUT2D eigenvalue weighted by atomic mass is 16.5. The molecule has 2 aromatic carbocycles. The Hall–Kier alpha value is -7.31. The number of benzene rings is 2. The average molecular weight is 862 g/mol. The molecule has 0 atom stereocenters. The van der Waals surface area contributed by atoms with Gasteiger partial charge in [-0.25, -0.2) is 0 Å². The van der Waals surface area contributed by atoms with E-state index in [1.54, 1.807) is 84.6 Å². The number of hydrogen-bond acceptors (Lipinski definition) is 17. The summed E-state index contributed by atoms with van der Waals surface area (Å²) < 4.78 is 24.8. The number of rotatable bonds is 19. The molecule has 63 heavy (non-hydrogen) atoms. The third-order valence-electron chi connectivity index (χ3n) is 8.91. The smallest absolute Gasteiger partial charge is 0.320 e. The summed E-state index contributed by atoms with van der Waals surface area (Å²) in [7, 11) is 5.00. The van der Waals surface area contributed by atoms with Crippen LogP contribution in [-0.2, 0) is 73.8 Å². The van der Waals surface area contributed by atoms with Crippen LogP contribution in [0.15, 0.2) is 72.8 Å². The molecule has 0 saturated carbocycles. The molecule has 4 aromatic rings. The van der Waals surface area contributed by atoms with Crippen molar-refractivity contribution >= 4 is 41.2 Å². The zero-order chi connectivity index (χ0) is 45.7. The molecule has 0 aliphatic heterocycles. The lowest BCUT2D eigenvalue weighted by molar-refractivity contribution is -0.147. The molecule has 0 aliphatic carbocycles. The Morgan fingerprint density at radius 2 is 0.746 bits per heavy atom. The van der Waals surface area contributed by atoms with Gasteiger partial charge in [-0.1, -0.05) is 23.7 Å². The predicted molar refractivity (Wildman–Crippen MR) is 232 cm³/mol. The van der Waals surface area contributed by atoms with Gasteiger partial charge < -0.3 is 35.2 Å². The lowest BCUT2D eigenvalue weighted by Gasteiger charge is -2.23. The SMILES string of the molecule is CCOC(=O)CN(Cc1cc(C#Cc2ccc(N)cc2)cc(CN(CC(=O)OC)CC(=O)OC)n1)Cc1cc(C#Cc2ccc(N)cc2)cc(CN(CC(=O)OC)CC(=O)OC)n1. The molecule has 0 bridgehead atoms. The summed E-state index contributed by atoms with van der Waals surface area (Å²) in [6, 6.07) is 21.2. The van der Waals surface area contributed by atoms with E-state index in [0.717, 1.165) is 0 Å². The van der Waals surface area contributed by atoms with E-state index in [-0.39, 0.29) is 65.5 Å². The summed E-state index contributed by atoms with van der Waals surface area (Å²) in [6.45, 7) is 1.07. The average Bonchev–Trinajstić information content (AvgIpc) is 3.25. The molecule has 17 heteroatoms. The van der Waals surface area contributed by atoms with E-state index >= 15 is 0 Å². The normalized spacial score (nSPS) is 10.6. The standard InChI is InChI=1S/C46H51N7O10/c1-6-63-46(58)31-51(23-38-19-34(9-7-32-11-15-36(47)16-12-32)21-40(49-38)25-52(27-42(54)59-2)28-43(55)60-3)24-39-20-35(10-8-33-13-17-37(48)18-14-33)22-41(50-39)26-53(29-44(56)61-4)30-45(57)62-5/h11-22H,6,23-31,47-48H2,1-5H3. The van der Waals surface area contributed by atoms with Gasteiger partial charge in [0.2, 0.25) is 0 Å². The maximum absolute atomic E-state index is 13.1. The first-order chi connectivity index (χ1) is 30.3. The number of carbonyl (C=O) groups is 5. The molecule has 0 spiro atoms. The van der Waals surface area contributed by atoms with Crippen molar-refractivity contribution in [2.45, 2.75) is 33.1 Å². The van der Waals surface area contributed by atoms with Crippen LogP contribution in [0, 0.1) is 23.7 Å². The highest BCUT2D eigenvalue weighted by Gasteiger charge is 2.21. The second kappa shape index (κ2) is 24.8. The Balaban J connectivity index is 1.80. The first kappa shape index (κ1) is 48.4. The van der Waals surface area contributed by atoms with E-state index in [1.165, 1.54) is 38.2 Å². The van der Waals surface area contributed by atoms with Gasteiger partial charge in [0.25, 0.3) is 0 Å². The van der Waals surface area contributed by atoms with Crippen molar-refractivity contribution in [2.24, 2.45) is 0 Å². The van der Waals surface area contributed by atoms with E-state index in [0.29, 0.717) is 56.4 Å². The topological polar surface area (TPSA) is 219 Å². The lowest BCUT2D eigenvalue weighted by Crippen LogP contribution is -2.36. The number of hydrogen-bond donors (Lipinski definition) is 2. The Labute approximate surface area is 366 Å². The van der Waals surface area contributed by atoms with Crippen LogP contribution in [0.2, 0.25) is 0 Å². The number of aromatic nitrogens is 2. The fourth-order valence-corrected chi connectivity index (χ4v) is 5.99. The van der Waals surface area contributed by atoms with Crippen LogP contribution >= 0.6 is 0 Å². The number of carbonyl (C=O) groups excluding carboxylic acids is 5. The number of nitrogens with two attached hydrogens (primary N) is 2. The molecule has 330 valence electrons. The van der Waals surface area contributed by atoms with Gasteiger partial charge in [0, 0.05) is 59.8 Å². The van der Waals surface area contributed by atoms with Gasteiger partial charge in [0.15, 0.2) is 0 Å². The minimum absolute atomic E-state index is 0.0414. The predicted octanol–water partition coefficient (Wildman–Crippen LogP) is 2.30. The minimum Gasteiger partial charge on any atom is -0.468 e. The third kappa shape index (κ3) is 17.3. The van der Waals surface area contributed by atoms with Gasteiger partial charge in [-0.3, -0.25) is 48.6 Å². The van der Waals surface area contributed by atoms with Gasteiger partial charge in [-0.05, 0) is 79.7 Å². The zero-order valence-corrected chi connectivity index (χ0v) is 36.0. The number of nitrogens with zero attached hydrogens (tertiary/aromatic N) is 5. The quantitative estimate of drug-likeness (QED) is 0.0598. The fourth-order valence-electron chi connectivity index (χ4n) is 5.99. The zero-order valence-electron chi connectivity index (χ0n) is 36.0. The molecule has 17 nitrogen and oxygen atoms in total. The van der Waals surface area contributed by atoms with E-state index in [2.05, 4.69) is 23.7 Å². The van der Waals surface area contributed by atoms with Crippen LogP contribution < -0.4 is 11.5 Å². The molecule has 0 amide bonds. The van der Waals surface area contributed by atoms with Crippen molar-refractivity contribution in [3.63, 3.8) is 0 Å². The van der Waals surface area contributed by atoms with Gasteiger partial charge in [-0.15, -0.1) is 0 Å². The van der Waals surface area contributed by atoms with E-state index in [4.69, 9.17) is 45.1 Å². The Morgan fingerprint density at radius 3 is 1.05 bits per heavy atom. The summed E-state index contributed by atoms with van der Waals surface area (Å²) >= 11 is 0. The maximum Gasteiger partial charge on any atom is 0.320 e. The second-order valence-electron chi connectivity index (χ2n) is 14.0. The highest BCUT2D eigenvalue weighted by molar-refractivity contribution is 5.75. The summed E-state index contributed by atoms with van der Waals surface area (Å²) in [5.74, 6) is 9.85. The van der Waals surface area contributed by atoms with Crippen molar-refractivity contribution in [1.82, 2.24) is 24.7 Å². The number of ether oxygens (including phenoxy) is 5. The van der Waals surface area contributed by atoms with Crippen LogP contribution in [0.3, 0.4) is 0 Å². The van der Waals surface area contributed by atoms with Crippen LogP contribution in [0.25, 0.3) is 0 Å². The summed E-state index contributed by atoms with van der Waals surface area (Å²) in [5, 5.41) is 0. The van der Waals surface area contributed by atoms with Gasteiger partial charge in [0.05, 0.1) is 90.5 Å². The Morgan fingerprint density at radius 1 is 0.460 bits per heavy atom. The Bertz CT molecular complexity index is 2160. The van der Waals surface area contributed by atoms with Crippen molar-refractivity contribution in [1.29, 1.82) is 0 Å². The number of anilines is 2. The molecular weight excluding hydrogens is 811 g/mol. The Kier molecular flexibility index (Phi) is 19.1. The van der Waals surface area contributed by atoms with Crippen molar-refractivity contribution < 1.29 is 47.7 Å². The molecule has 0 radical (unpaired) electrons. The lowest BCUT2D eigenvalue weighted by atomic mass is 10.1. The van der Waals surface area contributed by atoms with E-state index < -0.39 is 29.8 Å². The van der Waals surface area contributed by atoms with Crippen molar-refractivity contribution in [3.8, 4) is 23.7 Å². The van der Waals surface area contributed by atoms with Gasteiger partial charge >= 0.3 is 29.8 Å². The summed E-state index contributed by atoms with van der Waals surface area (Å²) in [6.07, 6.45) is 0. The molecule has 4 N–H and O–H groups in total. The van der Waals surface area contributed by atoms with Gasteiger partial charge in [0.1, 0.15) is 0 Å². The fraction of sp³-hybridized carbons (Fsp3) is 0.326. The van der Waals surface area contributed by atoms with Crippen LogP contribution in [0.5, 0.6) is 0 Å². The molecule has 2 heterocycles. The number of pyridine rings is 2. The molecule has 2 aromatic heterocycles. The highest BCUT2D eigenvalue weighted by Crippen LogP contribution is 2.17. The molecule has 4 rings (SSSR count). The first-order valence-electron chi connectivity index (χ1n) is 19.6. The van der Waals surface area contributed by atoms with Crippen LogP contribution in [0.1, 0.15) is 52.0 Å². The summed E-state index contributed by atoms with van der Waals surface area (Å²) in [4.78, 5) is 77.1. The first-order valence-corrected chi connectivity index (χ1v) is 19.6.